The number of guanidine groups is 1. The first-order valence-corrected chi connectivity index (χ1v) is 9.49. The number of aliphatic imine (C=N–C) groups is 1. The highest BCUT2D eigenvalue weighted by atomic mass is 19.4. The van der Waals surface area contributed by atoms with Gasteiger partial charge in [0.15, 0.2) is 5.96 Å². The molecule has 0 fully saturated rings. The molecule has 0 atom stereocenters. The summed E-state index contributed by atoms with van der Waals surface area (Å²) >= 11 is 0. The topological polar surface area (TPSA) is 67.1 Å². The van der Waals surface area contributed by atoms with Crippen LogP contribution in [0.25, 0.3) is 0 Å². The van der Waals surface area contributed by atoms with Gasteiger partial charge in [-0.25, -0.2) is 4.99 Å². The van der Waals surface area contributed by atoms with Gasteiger partial charge in [-0.2, -0.15) is 13.2 Å². The molecule has 1 heterocycles. The lowest BCUT2D eigenvalue weighted by Crippen LogP contribution is -2.40. The molecule has 0 amide bonds. The Kier molecular flexibility index (Phi) is 8.23. The van der Waals surface area contributed by atoms with E-state index in [-0.39, 0.29) is 0 Å². The van der Waals surface area contributed by atoms with Crippen LogP contribution in [0.5, 0.6) is 0 Å². The van der Waals surface area contributed by atoms with Gasteiger partial charge in [-0.1, -0.05) is 31.2 Å². The van der Waals surface area contributed by atoms with Crippen molar-refractivity contribution in [1.82, 2.24) is 25.4 Å². The molecule has 2 rings (SSSR count). The summed E-state index contributed by atoms with van der Waals surface area (Å²) in [7, 11) is 0. The van der Waals surface area contributed by atoms with Gasteiger partial charge in [0.25, 0.3) is 0 Å². The maximum Gasteiger partial charge on any atom is 0.416 e. The van der Waals surface area contributed by atoms with Crippen molar-refractivity contribution in [3.05, 3.63) is 59.7 Å². The Morgan fingerprint density at radius 1 is 1.17 bits per heavy atom. The molecular formula is C20H27F3N6. The van der Waals surface area contributed by atoms with Crippen molar-refractivity contribution >= 4 is 5.96 Å². The fourth-order valence-corrected chi connectivity index (χ4v) is 2.61. The molecule has 0 radical (unpaired) electrons. The molecule has 1 aromatic carbocycles. The summed E-state index contributed by atoms with van der Waals surface area (Å²) in [5, 5.41) is 14.4. The predicted molar refractivity (Wildman–Crippen MR) is 108 cm³/mol. The summed E-state index contributed by atoms with van der Waals surface area (Å²) in [6.07, 6.45) is -1.23. The van der Waals surface area contributed by atoms with E-state index in [0.29, 0.717) is 38.6 Å². The Balaban J connectivity index is 1.86. The highest BCUT2D eigenvalue weighted by Gasteiger charge is 2.29. The molecule has 0 spiro atoms. The molecule has 0 aliphatic rings. The van der Waals surface area contributed by atoms with Gasteiger partial charge in [-0.3, -0.25) is 0 Å². The van der Waals surface area contributed by atoms with Gasteiger partial charge in [0.05, 0.1) is 12.1 Å². The van der Waals surface area contributed by atoms with Crippen LogP contribution in [0.4, 0.5) is 13.2 Å². The van der Waals surface area contributed by atoms with Crippen molar-refractivity contribution in [3.63, 3.8) is 0 Å². The summed E-state index contributed by atoms with van der Waals surface area (Å²) in [6, 6.07) is 5.21. The number of alkyl halides is 3. The third-order valence-corrected chi connectivity index (χ3v) is 4.15. The van der Waals surface area contributed by atoms with Crippen LogP contribution in [-0.2, 0) is 25.6 Å². The van der Waals surface area contributed by atoms with Crippen molar-refractivity contribution in [1.29, 1.82) is 0 Å². The first-order chi connectivity index (χ1) is 13.8. The molecule has 2 N–H and O–H groups in total. The van der Waals surface area contributed by atoms with E-state index in [1.165, 1.54) is 12.1 Å². The zero-order valence-electron chi connectivity index (χ0n) is 16.8. The number of halogens is 3. The van der Waals surface area contributed by atoms with E-state index in [1.807, 2.05) is 18.4 Å². The van der Waals surface area contributed by atoms with Gasteiger partial charge in [0.2, 0.25) is 0 Å². The molecule has 6 nitrogen and oxygen atoms in total. The number of nitrogens with one attached hydrogen (secondary N) is 2. The number of hydrogen-bond acceptors (Lipinski definition) is 3. The average Bonchev–Trinajstić information content (AvgIpc) is 3.12. The minimum Gasteiger partial charge on any atom is -0.356 e. The van der Waals surface area contributed by atoms with Crippen LogP contribution < -0.4 is 10.6 Å². The predicted octanol–water partition coefficient (Wildman–Crippen LogP) is 3.21. The van der Waals surface area contributed by atoms with Crippen LogP contribution in [0.2, 0.25) is 0 Å². The molecule has 1 aromatic heterocycles. The van der Waals surface area contributed by atoms with E-state index in [0.717, 1.165) is 35.5 Å². The maximum absolute atomic E-state index is 12.6. The molecule has 2 aromatic rings. The smallest absolute Gasteiger partial charge is 0.356 e. The molecule has 0 saturated carbocycles. The SMILES string of the molecule is C=C(C)CN=C(NCCc1ccc(C(F)(F)F)cc1)NCCn1cnnc1CC. The molecule has 0 aliphatic carbocycles. The third kappa shape index (κ3) is 7.59. The Labute approximate surface area is 168 Å². The van der Waals surface area contributed by atoms with E-state index in [4.69, 9.17) is 0 Å². The third-order valence-electron chi connectivity index (χ3n) is 4.15. The normalized spacial score (nSPS) is 12.1. The van der Waals surface area contributed by atoms with Crippen LogP contribution in [0.3, 0.4) is 0 Å². The summed E-state index contributed by atoms with van der Waals surface area (Å²) in [5.41, 5.74) is 1.11. The Hall–Kier alpha value is -2.84. The first-order valence-electron chi connectivity index (χ1n) is 9.49. The van der Waals surface area contributed by atoms with Gasteiger partial charge < -0.3 is 15.2 Å². The highest BCUT2D eigenvalue weighted by Crippen LogP contribution is 2.29. The van der Waals surface area contributed by atoms with Crippen molar-refractivity contribution in [2.24, 2.45) is 4.99 Å². The lowest BCUT2D eigenvalue weighted by atomic mass is 10.1. The minimum atomic E-state index is -4.31. The second kappa shape index (κ2) is 10.6. The van der Waals surface area contributed by atoms with Gasteiger partial charge in [-0.05, 0) is 31.0 Å². The number of benzene rings is 1. The summed E-state index contributed by atoms with van der Waals surface area (Å²) in [6.45, 7) is 10.1. The van der Waals surface area contributed by atoms with E-state index in [1.54, 1.807) is 6.33 Å². The van der Waals surface area contributed by atoms with Gasteiger partial charge in [0.1, 0.15) is 12.2 Å². The van der Waals surface area contributed by atoms with Crippen molar-refractivity contribution in [2.45, 2.75) is 39.4 Å². The molecule has 0 aliphatic heterocycles. The molecule has 9 heteroatoms. The zero-order valence-corrected chi connectivity index (χ0v) is 16.8. The quantitative estimate of drug-likeness (QED) is 0.380. The van der Waals surface area contributed by atoms with E-state index in [9.17, 15) is 13.2 Å². The number of aryl methyl sites for hydroxylation is 1. The standard InChI is InChI=1S/C20H27F3N6/c1-4-18-28-27-14-29(18)12-11-25-19(26-13-15(2)3)24-10-9-16-5-7-17(8-6-16)20(21,22)23/h5-8,14H,2,4,9-13H2,1,3H3,(H2,24,25,26). The van der Waals surface area contributed by atoms with E-state index in [2.05, 4.69) is 32.4 Å². The Morgan fingerprint density at radius 3 is 2.48 bits per heavy atom. The minimum absolute atomic E-state index is 0.489. The lowest BCUT2D eigenvalue weighted by molar-refractivity contribution is -0.137. The van der Waals surface area contributed by atoms with Gasteiger partial charge >= 0.3 is 6.18 Å². The molecule has 0 bridgehead atoms. The second-order valence-electron chi connectivity index (χ2n) is 6.71. The van der Waals surface area contributed by atoms with Crippen molar-refractivity contribution in [2.75, 3.05) is 19.6 Å². The van der Waals surface area contributed by atoms with Crippen molar-refractivity contribution < 1.29 is 13.2 Å². The van der Waals surface area contributed by atoms with E-state index < -0.39 is 11.7 Å². The Morgan fingerprint density at radius 2 is 1.86 bits per heavy atom. The second-order valence-corrected chi connectivity index (χ2v) is 6.71. The van der Waals surface area contributed by atoms with Crippen molar-refractivity contribution in [3.8, 4) is 0 Å². The lowest BCUT2D eigenvalue weighted by Gasteiger charge is -2.14. The van der Waals surface area contributed by atoms with Crippen LogP contribution in [-0.4, -0.2) is 40.4 Å². The summed E-state index contributed by atoms with van der Waals surface area (Å²) in [4.78, 5) is 4.47. The number of aromatic nitrogens is 3. The fourth-order valence-electron chi connectivity index (χ4n) is 2.61. The molecule has 0 unspecified atom stereocenters. The van der Waals surface area contributed by atoms with Crippen LogP contribution in [0, 0.1) is 0 Å². The summed E-state index contributed by atoms with van der Waals surface area (Å²) in [5.74, 6) is 1.55. The van der Waals surface area contributed by atoms with Gasteiger partial charge in [-0.15, -0.1) is 10.2 Å². The molecular weight excluding hydrogens is 381 g/mol. The monoisotopic (exact) mass is 408 g/mol. The largest absolute Gasteiger partial charge is 0.416 e. The zero-order chi connectivity index (χ0) is 21.3. The number of nitrogens with zero attached hydrogens (tertiary/aromatic N) is 4. The fraction of sp³-hybridized carbons (Fsp3) is 0.450. The average molecular weight is 408 g/mol. The molecule has 158 valence electrons. The van der Waals surface area contributed by atoms with Crippen LogP contribution in [0.1, 0.15) is 30.8 Å². The highest BCUT2D eigenvalue weighted by molar-refractivity contribution is 5.79. The summed E-state index contributed by atoms with van der Waals surface area (Å²) < 4.78 is 39.9. The van der Waals surface area contributed by atoms with E-state index >= 15 is 0 Å². The number of hydrogen-bond donors (Lipinski definition) is 2. The van der Waals surface area contributed by atoms with Crippen LogP contribution in [0.15, 0.2) is 47.7 Å². The molecule has 29 heavy (non-hydrogen) atoms. The molecule has 0 saturated heterocycles. The maximum atomic E-state index is 12.6. The first kappa shape index (κ1) is 22.4. The number of rotatable bonds is 9. The van der Waals surface area contributed by atoms with Gasteiger partial charge in [0, 0.05) is 26.1 Å². The Bertz CT molecular complexity index is 808. The van der Waals surface area contributed by atoms with Crippen LogP contribution >= 0.6 is 0 Å².